The van der Waals surface area contributed by atoms with Crippen LogP contribution in [0.3, 0.4) is 0 Å². The summed E-state index contributed by atoms with van der Waals surface area (Å²) in [4.78, 5) is 15.0. The van der Waals surface area contributed by atoms with Gasteiger partial charge in [-0.15, -0.1) is 0 Å². The number of aryl methyl sites for hydroxylation is 1. The van der Waals surface area contributed by atoms with E-state index in [1.54, 1.807) is 22.8 Å². The molecule has 1 aromatic heterocycles. The van der Waals surface area contributed by atoms with Crippen molar-refractivity contribution >= 4 is 17.5 Å². The number of aliphatic hydroxyl groups excluding tert-OH is 1. The fourth-order valence-corrected chi connectivity index (χ4v) is 1.81. The quantitative estimate of drug-likeness (QED) is 0.707. The van der Waals surface area contributed by atoms with E-state index >= 15 is 0 Å². The highest BCUT2D eigenvalue weighted by atomic mass is 16.3. The van der Waals surface area contributed by atoms with Gasteiger partial charge in [-0.05, 0) is 0 Å². The molecule has 2 heterocycles. The molecule has 2 rings (SSSR count). The maximum atomic E-state index is 11.9. The molecule has 0 atom stereocenters. The number of rotatable bonds is 3. The van der Waals surface area contributed by atoms with Gasteiger partial charge in [0.15, 0.2) is 5.82 Å². The van der Waals surface area contributed by atoms with E-state index in [1.165, 1.54) is 4.90 Å². The Balaban J connectivity index is 2.18. The predicted molar refractivity (Wildman–Crippen MR) is 59.0 cm³/mol. The molecule has 1 aromatic rings. The lowest BCUT2D eigenvalue weighted by Gasteiger charge is -2.16. The summed E-state index contributed by atoms with van der Waals surface area (Å²) in [5.74, 6) is 0.493. The molecule has 1 saturated heterocycles. The highest BCUT2D eigenvalue weighted by Crippen LogP contribution is 2.24. The first-order valence-corrected chi connectivity index (χ1v) is 5.10. The molecule has 0 unspecified atom stereocenters. The summed E-state index contributed by atoms with van der Waals surface area (Å²) in [7, 11) is 1.76. The predicted octanol–water partition coefficient (Wildman–Crippen LogP) is -0.763. The molecule has 1 aliphatic rings. The van der Waals surface area contributed by atoms with Crippen LogP contribution in [0.1, 0.15) is 0 Å². The number of β-amino-alcohol motifs (C(OH)–C–C–N with tert-alkyl or cyclic N) is 1. The number of amides is 2. The molecule has 2 amide bonds. The lowest BCUT2D eigenvalue weighted by atomic mass is 10.5. The van der Waals surface area contributed by atoms with Crippen LogP contribution in [-0.2, 0) is 7.05 Å². The number of aliphatic hydroxyl groups is 1. The molecule has 0 aromatic carbocycles. The van der Waals surface area contributed by atoms with Crippen LogP contribution in [0.2, 0.25) is 0 Å². The number of carbonyl (C=O) groups is 1. The van der Waals surface area contributed by atoms with Gasteiger partial charge in [0.25, 0.3) is 0 Å². The lowest BCUT2D eigenvalue weighted by Crippen LogP contribution is -2.34. The number of nitrogens with two attached hydrogens (primary N) is 1. The molecular formula is C9H15N5O2. The van der Waals surface area contributed by atoms with Gasteiger partial charge in [0.1, 0.15) is 0 Å². The van der Waals surface area contributed by atoms with Crippen LogP contribution >= 0.6 is 0 Å². The van der Waals surface area contributed by atoms with E-state index in [2.05, 4.69) is 5.10 Å². The Bertz CT molecular complexity index is 403. The Morgan fingerprint density at radius 1 is 1.56 bits per heavy atom. The van der Waals surface area contributed by atoms with Crippen molar-refractivity contribution in [2.24, 2.45) is 7.05 Å². The average Bonchev–Trinajstić information content (AvgIpc) is 2.73. The van der Waals surface area contributed by atoms with Crippen LogP contribution in [-0.4, -0.2) is 52.1 Å². The van der Waals surface area contributed by atoms with Gasteiger partial charge < -0.3 is 15.7 Å². The topological polar surface area (TPSA) is 87.6 Å². The van der Waals surface area contributed by atoms with E-state index in [0.29, 0.717) is 31.1 Å². The number of urea groups is 1. The number of aromatic nitrogens is 2. The van der Waals surface area contributed by atoms with Gasteiger partial charge in [0.2, 0.25) is 0 Å². The molecule has 0 spiro atoms. The summed E-state index contributed by atoms with van der Waals surface area (Å²) >= 11 is 0. The van der Waals surface area contributed by atoms with Crippen molar-refractivity contribution in [3.05, 3.63) is 6.20 Å². The zero-order chi connectivity index (χ0) is 11.7. The highest BCUT2D eigenvalue weighted by Gasteiger charge is 2.31. The third kappa shape index (κ3) is 1.69. The van der Waals surface area contributed by atoms with Crippen molar-refractivity contribution in [3.63, 3.8) is 0 Å². The van der Waals surface area contributed by atoms with Gasteiger partial charge in [-0.2, -0.15) is 5.10 Å². The summed E-state index contributed by atoms with van der Waals surface area (Å²) in [5.41, 5.74) is 6.25. The fourth-order valence-electron chi connectivity index (χ4n) is 1.81. The number of nitrogens with zero attached hydrogens (tertiary/aromatic N) is 4. The van der Waals surface area contributed by atoms with E-state index in [-0.39, 0.29) is 12.6 Å². The minimum Gasteiger partial charge on any atom is -0.395 e. The maximum absolute atomic E-state index is 11.9. The van der Waals surface area contributed by atoms with Gasteiger partial charge in [0, 0.05) is 32.9 Å². The standard InChI is InChI=1S/C9H15N5O2/c1-12-6-7(10)8(11-12)14-3-2-13(4-5-15)9(14)16/h6,15H,2-5,10H2,1H3. The second-order valence-corrected chi connectivity index (χ2v) is 3.73. The molecule has 3 N–H and O–H groups in total. The number of anilines is 2. The van der Waals surface area contributed by atoms with Crippen molar-refractivity contribution in [1.29, 1.82) is 0 Å². The Hall–Kier alpha value is -1.76. The molecular weight excluding hydrogens is 210 g/mol. The zero-order valence-corrected chi connectivity index (χ0v) is 9.13. The second-order valence-electron chi connectivity index (χ2n) is 3.73. The molecule has 7 nitrogen and oxygen atoms in total. The van der Waals surface area contributed by atoms with E-state index < -0.39 is 0 Å². The largest absolute Gasteiger partial charge is 0.395 e. The molecule has 0 bridgehead atoms. The lowest BCUT2D eigenvalue weighted by molar-refractivity contribution is 0.199. The SMILES string of the molecule is Cn1cc(N)c(N2CCN(CCO)C2=O)n1. The molecule has 1 fully saturated rings. The third-order valence-corrected chi connectivity index (χ3v) is 2.56. The van der Waals surface area contributed by atoms with Crippen LogP contribution in [0.4, 0.5) is 16.3 Å². The van der Waals surface area contributed by atoms with Gasteiger partial charge in [-0.3, -0.25) is 9.58 Å². The summed E-state index contributed by atoms with van der Waals surface area (Å²) < 4.78 is 1.58. The van der Waals surface area contributed by atoms with Gasteiger partial charge >= 0.3 is 6.03 Å². The Morgan fingerprint density at radius 3 is 2.88 bits per heavy atom. The molecule has 7 heteroatoms. The second kappa shape index (κ2) is 4.01. The highest BCUT2D eigenvalue weighted by molar-refractivity contribution is 5.95. The van der Waals surface area contributed by atoms with Crippen LogP contribution in [0.15, 0.2) is 6.20 Å². The number of carbonyl (C=O) groups excluding carboxylic acids is 1. The van der Waals surface area contributed by atoms with Crippen molar-refractivity contribution in [1.82, 2.24) is 14.7 Å². The molecule has 0 saturated carbocycles. The van der Waals surface area contributed by atoms with Gasteiger partial charge in [-0.1, -0.05) is 0 Å². The van der Waals surface area contributed by atoms with Crippen molar-refractivity contribution in [2.45, 2.75) is 0 Å². The minimum atomic E-state index is -0.153. The number of nitrogen functional groups attached to an aromatic ring is 1. The maximum Gasteiger partial charge on any atom is 0.325 e. The van der Waals surface area contributed by atoms with E-state index in [4.69, 9.17) is 10.8 Å². The molecule has 1 aliphatic heterocycles. The number of hydrogen-bond acceptors (Lipinski definition) is 4. The van der Waals surface area contributed by atoms with Gasteiger partial charge in [-0.25, -0.2) is 4.79 Å². The van der Waals surface area contributed by atoms with Crippen molar-refractivity contribution < 1.29 is 9.90 Å². The Morgan fingerprint density at radius 2 is 2.31 bits per heavy atom. The summed E-state index contributed by atoms with van der Waals surface area (Å²) in [6, 6.07) is -0.153. The van der Waals surface area contributed by atoms with Crippen LogP contribution in [0.25, 0.3) is 0 Å². The summed E-state index contributed by atoms with van der Waals surface area (Å²) in [6.07, 6.45) is 1.66. The van der Waals surface area contributed by atoms with E-state index in [1.807, 2.05) is 0 Å². The molecule has 0 radical (unpaired) electrons. The van der Waals surface area contributed by atoms with Crippen LogP contribution in [0.5, 0.6) is 0 Å². The molecule has 16 heavy (non-hydrogen) atoms. The van der Waals surface area contributed by atoms with E-state index in [9.17, 15) is 4.79 Å². The smallest absolute Gasteiger partial charge is 0.325 e. The molecule has 0 aliphatic carbocycles. The third-order valence-electron chi connectivity index (χ3n) is 2.56. The zero-order valence-electron chi connectivity index (χ0n) is 9.13. The van der Waals surface area contributed by atoms with Crippen molar-refractivity contribution in [2.75, 3.05) is 36.9 Å². The van der Waals surface area contributed by atoms with Crippen molar-refractivity contribution in [3.8, 4) is 0 Å². The summed E-state index contributed by atoms with van der Waals surface area (Å²) in [5, 5.41) is 12.9. The van der Waals surface area contributed by atoms with Crippen LogP contribution in [0, 0.1) is 0 Å². The Labute approximate surface area is 93.0 Å². The minimum absolute atomic E-state index is 0.0305. The molecule has 88 valence electrons. The first-order valence-electron chi connectivity index (χ1n) is 5.10. The average molecular weight is 225 g/mol. The van der Waals surface area contributed by atoms with E-state index in [0.717, 1.165) is 0 Å². The Kier molecular flexibility index (Phi) is 2.69. The summed E-state index contributed by atoms with van der Waals surface area (Å²) in [6.45, 7) is 1.47. The fraction of sp³-hybridized carbons (Fsp3) is 0.556. The monoisotopic (exact) mass is 225 g/mol. The first kappa shape index (κ1) is 10.7. The normalized spacial score (nSPS) is 16.2. The van der Waals surface area contributed by atoms with Crippen LogP contribution < -0.4 is 10.6 Å². The van der Waals surface area contributed by atoms with Gasteiger partial charge in [0.05, 0.1) is 12.3 Å². The first-order chi connectivity index (χ1) is 7.63. The number of hydrogen-bond donors (Lipinski definition) is 2.